The van der Waals surface area contributed by atoms with Gasteiger partial charge in [-0.3, -0.25) is 4.79 Å². The number of para-hydroxylation sites is 1. The van der Waals surface area contributed by atoms with Gasteiger partial charge in [0.2, 0.25) is 0 Å². The van der Waals surface area contributed by atoms with E-state index in [-0.39, 0.29) is 12.1 Å². The molecule has 0 radical (unpaired) electrons. The first kappa shape index (κ1) is 14.8. The summed E-state index contributed by atoms with van der Waals surface area (Å²) in [4.78, 5) is 23.3. The number of carboxylic acids is 1. The molecule has 3 N–H and O–H groups in total. The van der Waals surface area contributed by atoms with Gasteiger partial charge in [-0.25, -0.2) is 4.79 Å². The summed E-state index contributed by atoms with van der Waals surface area (Å²) in [5.74, 6) is -0.860. The first-order chi connectivity index (χ1) is 9.43. The lowest BCUT2D eigenvalue weighted by Crippen LogP contribution is -2.48. The maximum Gasteiger partial charge on any atom is 0.319 e. The van der Waals surface area contributed by atoms with Crippen molar-refractivity contribution in [3.63, 3.8) is 0 Å². The molecule has 6 heteroatoms. The van der Waals surface area contributed by atoms with Gasteiger partial charge in [0.15, 0.2) is 0 Å². The van der Waals surface area contributed by atoms with Gasteiger partial charge in [-0.15, -0.1) is 0 Å². The Morgan fingerprint density at radius 3 is 2.75 bits per heavy atom. The molecule has 2 amide bonds. The minimum absolute atomic E-state index is 0.345. The molecule has 1 fully saturated rings. The Bertz CT molecular complexity index is 535. The van der Waals surface area contributed by atoms with E-state index in [1.54, 1.807) is 13.0 Å². The smallest absolute Gasteiger partial charge is 0.319 e. The molecule has 1 aromatic carbocycles. The number of nitrogens with one attached hydrogen (secondary N) is 2. The van der Waals surface area contributed by atoms with Crippen LogP contribution < -0.4 is 10.6 Å². The van der Waals surface area contributed by atoms with Crippen molar-refractivity contribution in [2.24, 2.45) is 5.41 Å². The zero-order valence-electron chi connectivity index (χ0n) is 11.1. The van der Waals surface area contributed by atoms with Crippen molar-refractivity contribution in [2.75, 3.05) is 5.32 Å². The zero-order chi connectivity index (χ0) is 14.8. The average molecular weight is 341 g/mol. The number of rotatable bonds is 3. The summed E-state index contributed by atoms with van der Waals surface area (Å²) in [6.07, 6.45) is 2.08. The topological polar surface area (TPSA) is 78.4 Å². The molecule has 2 atom stereocenters. The molecule has 0 heterocycles. The van der Waals surface area contributed by atoms with Crippen LogP contribution in [0, 0.1) is 5.41 Å². The highest BCUT2D eigenvalue weighted by Crippen LogP contribution is 2.38. The summed E-state index contributed by atoms with van der Waals surface area (Å²) in [6, 6.07) is 6.54. The summed E-state index contributed by atoms with van der Waals surface area (Å²) in [5, 5.41) is 14.8. The Labute approximate surface area is 125 Å². The van der Waals surface area contributed by atoms with Crippen molar-refractivity contribution in [2.45, 2.75) is 32.2 Å². The third-order valence-corrected chi connectivity index (χ3v) is 4.57. The van der Waals surface area contributed by atoms with Crippen molar-refractivity contribution >= 4 is 33.6 Å². The second-order valence-corrected chi connectivity index (χ2v) is 6.10. The van der Waals surface area contributed by atoms with Crippen LogP contribution in [0.5, 0.6) is 0 Å². The van der Waals surface area contributed by atoms with Crippen LogP contribution in [0.2, 0.25) is 0 Å². The number of carboxylic acid groups (broad SMARTS) is 1. The molecule has 1 aliphatic carbocycles. The van der Waals surface area contributed by atoms with E-state index in [1.807, 2.05) is 18.2 Å². The lowest BCUT2D eigenvalue weighted by Gasteiger charge is -2.27. The van der Waals surface area contributed by atoms with E-state index >= 15 is 0 Å². The highest BCUT2D eigenvalue weighted by molar-refractivity contribution is 9.10. The number of hydrogen-bond acceptors (Lipinski definition) is 2. The van der Waals surface area contributed by atoms with E-state index in [0.717, 1.165) is 10.9 Å². The van der Waals surface area contributed by atoms with E-state index in [0.29, 0.717) is 18.5 Å². The minimum atomic E-state index is -0.884. The number of halogens is 1. The number of amides is 2. The molecular weight excluding hydrogens is 324 g/mol. The van der Waals surface area contributed by atoms with Crippen LogP contribution in [0.15, 0.2) is 28.7 Å². The van der Waals surface area contributed by atoms with Crippen LogP contribution in [-0.2, 0) is 4.79 Å². The van der Waals surface area contributed by atoms with Gasteiger partial charge < -0.3 is 15.7 Å². The second-order valence-electron chi connectivity index (χ2n) is 5.25. The molecular formula is C14H17BrN2O3. The number of carbonyl (C=O) groups excluding carboxylic acids is 1. The Kier molecular flexibility index (Phi) is 4.32. The lowest BCUT2D eigenvalue weighted by molar-refractivity contribution is -0.148. The van der Waals surface area contributed by atoms with Gasteiger partial charge in [-0.1, -0.05) is 18.6 Å². The van der Waals surface area contributed by atoms with Gasteiger partial charge in [0.1, 0.15) is 0 Å². The van der Waals surface area contributed by atoms with Crippen LogP contribution in [-0.4, -0.2) is 23.1 Å². The van der Waals surface area contributed by atoms with Crippen LogP contribution in [0.1, 0.15) is 26.2 Å². The van der Waals surface area contributed by atoms with E-state index in [4.69, 9.17) is 0 Å². The summed E-state index contributed by atoms with van der Waals surface area (Å²) >= 11 is 3.35. The highest BCUT2D eigenvalue weighted by Gasteiger charge is 2.45. The fourth-order valence-electron chi connectivity index (χ4n) is 2.53. The summed E-state index contributed by atoms with van der Waals surface area (Å²) in [5.41, 5.74) is -0.231. The Morgan fingerprint density at radius 2 is 2.10 bits per heavy atom. The molecule has 20 heavy (non-hydrogen) atoms. The number of anilines is 1. The first-order valence-corrected chi connectivity index (χ1v) is 7.28. The number of aliphatic carboxylic acids is 1. The van der Waals surface area contributed by atoms with E-state index in [1.165, 1.54) is 0 Å². The summed E-state index contributed by atoms with van der Waals surface area (Å²) < 4.78 is 0.780. The van der Waals surface area contributed by atoms with Crippen LogP contribution in [0.3, 0.4) is 0 Å². The molecule has 0 bridgehead atoms. The number of hydrogen-bond donors (Lipinski definition) is 3. The molecule has 1 saturated carbocycles. The molecule has 2 rings (SSSR count). The molecule has 1 aliphatic rings. The van der Waals surface area contributed by atoms with Gasteiger partial charge in [-0.2, -0.15) is 0 Å². The van der Waals surface area contributed by atoms with Gasteiger partial charge in [-0.05, 0) is 47.8 Å². The van der Waals surface area contributed by atoms with E-state index in [9.17, 15) is 14.7 Å². The maximum absolute atomic E-state index is 12.0. The third kappa shape index (κ3) is 2.95. The Balaban J connectivity index is 2.02. The minimum Gasteiger partial charge on any atom is -0.481 e. The van der Waals surface area contributed by atoms with E-state index < -0.39 is 11.4 Å². The first-order valence-electron chi connectivity index (χ1n) is 6.49. The van der Waals surface area contributed by atoms with Gasteiger partial charge >= 0.3 is 12.0 Å². The monoisotopic (exact) mass is 340 g/mol. The molecule has 0 aromatic heterocycles. The fraction of sp³-hybridized carbons (Fsp3) is 0.429. The average Bonchev–Trinajstić information content (AvgIpc) is 2.75. The Hall–Kier alpha value is -1.56. The fourth-order valence-corrected chi connectivity index (χ4v) is 2.92. The summed E-state index contributed by atoms with van der Waals surface area (Å²) in [7, 11) is 0. The van der Waals surface area contributed by atoms with Gasteiger partial charge in [0.05, 0.1) is 11.1 Å². The molecule has 2 unspecified atom stereocenters. The lowest BCUT2D eigenvalue weighted by atomic mass is 9.85. The van der Waals surface area contributed by atoms with Crippen molar-refractivity contribution in [3.05, 3.63) is 28.7 Å². The van der Waals surface area contributed by atoms with Gasteiger partial charge in [0, 0.05) is 10.5 Å². The summed E-state index contributed by atoms with van der Waals surface area (Å²) in [6.45, 7) is 1.69. The van der Waals surface area contributed by atoms with E-state index in [2.05, 4.69) is 26.6 Å². The predicted octanol–water partition coefficient (Wildman–Crippen LogP) is 3.21. The van der Waals surface area contributed by atoms with Crippen molar-refractivity contribution in [1.29, 1.82) is 0 Å². The highest BCUT2D eigenvalue weighted by atomic mass is 79.9. The predicted molar refractivity (Wildman–Crippen MR) is 79.7 cm³/mol. The number of benzene rings is 1. The number of urea groups is 1. The van der Waals surface area contributed by atoms with Crippen LogP contribution >= 0.6 is 15.9 Å². The SMILES string of the molecule is CC1(C(=O)O)CCCC1NC(=O)Nc1ccccc1Br. The molecule has 0 saturated heterocycles. The van der Waals surface area contributed by atoms with Gasteiger partial charge in [0.25, 0.3) is 0 Å². The third-order valence-electron chi connectivity index (χ3n) is 3.87. The van der Waals surface area contributed by atoms with Crippen LogP contribution in [0.4, 0.5) is 10.5 Å². The molecule has 1 aromatic rings. The van der Waals surface area contributed by atoms with Crippen molar-refractivity contribution in [3.8, 4) is 0 Å². The quantitative estimate of drug-likeness (QED) is 0.790. The normalized spacial score (nSPS) is 25.2. The Morgan fingerprint density at radius 1 is 1.40 bits per heavy atom. The zero-order valence-corrected chi connectivity index (χ0v) is 12.7. The molecule has 5 nitrogen and oxygen atoms in total. The van der Waals surface area contributed by atoms with Crippen molar-refractivity contribution < 1.29 is 14.7 Å². The van der Waals surface area contributed by atoms with Crippen LogP contribution in [0.25, 0.3) is 0 Å². The van der Waals surface area contributed by atoms with Crippen molar-refractivity contribution in [1.82, 2.24) is 5.32 Å². The molecule has 108 valence electrons. The molecule has 0 spiro atoms. The number of carbonyl (C=O) groups is 2. The second kappa shape index (κ2) is 5.83. The standard InChI is InChI=1S/C14H17BrN2O3/c1-14(12(18)19)8-4-7-11(14)17-13(20)16-10-6-3-2-5-9(10)15/h2-3,5-6,11H,4,7-8H2,1H3,(H,18,19)(H2,16,17,20). The largest absolute Gasteiger partial charge is 0.481 e. The maximum atomic E-state index is 12.0. The molecule has 0 aliphatic heterocycles.